The van der Waals surface area contributed by atoms with Crippen molar-refractivity contribution < 1.29 is 48.5 Å². The van der Waals surface area contributed by atoms with E-state index in [0.29, 0.717) is 6.42 Å². The van der Waals surface area contributed by atoms with Crippen LogP contribution >= 0.6 is 0 Å². The van der Waals surface area contributed by atoms with E-state index in [1.54, 1.807) is 26.2 Å². The molecule has 0 aliphatic carbocycles. The van der Waals surface area contributed by atoms with Crippen molar-refractivity contribution >= 4 is 47.4 Å². The predicted octanol–water partition coefficient (Wildman–Crippen LogP) is 0.848. The minimum absolute atomic E-state index is 0.0235. The quantitative estimate of drug-likeness (QED) is 0.0561. The molecule has 59 heavy (non-hydrogen) atoms. The molecule has 1 aromatic rings. The van der Waals surface area contributed by atoms with Crippen LogP contribution in [0, 0.1) is 17.8 Å². The molecule has 1 fully saturated rings. The van der Waals surface area contributed by atoms with Crippen LogP contribution in [0.15, 0.2) is 59.1 Å². The Balaban J connectivity index is 2.62. The second-order valence-corrected chi connectivity index (χ2v) is 14.9. The third-order valence-electron chi connectivity index (χ3n) is 10.4. The number of hydrogen-bond acceptors (Lipinski definition) is 9. The fraction of sp³-hybridized carbons (Fsp3) is 0.561. The molecule has 0 bridgehead atoms. The second kappa shape index (κ2) is 24.2. The normalized spacial score (nSPS) is 25.6. The molecule has 1 saturated heterocycles. The maximum Gasteiger partial charge on any atom is 0.327 e. The smallest absolute Gasteiger partial charge is 0.327 e. The summed E-state index contributed by atoms with van der Waals surface area (Å²) in [4.78, 5) is 97.8. The van der Waals surface area contributed by atoms with Crippen LogP contribution < -0.4 is 32.7 Å². The van der Waals surface area contributed by atoms with Gasteiger partial charge in [-0.2, -0.15) is 0 Å². The minimum atomic E-state index is -1.76. The number of carboxylic acid groups (broad SMARTS) is 2. The Labute approximate surface area is 345 Å². The zero-order valence-corrected chi connectivity index (χ0v) is 35.0. The van der Waals surface area contributed by atoms with Gasteiger partial charge in [-0.1, -0.05) is 81.8 Å². The third-order valence-corrected chi connectivity index (χ3v) is 10.4. The lowest BCUT2D eigenvalue weighted by Gasteiger charge is -2.29. The molecule has 0 spiro atoms. The van der Waals surface area contributed by atoms with Crippen molar-refractivity contribution in [2.75, 3.05) is 20.7 Å². The molecular formula is C41H62N8O10. The first kappa shape index (κ1) is 49.4. The van der Waals surface area contributed by atoms with Gasteiger partial charge in [0.05, 0.1) is 24.0 Å². The predicted molar refractivity (Wildman–Crippen MR) is 220 cm³/mol. The number of ether oxygens (including phenoxy) is 1. The standard InChI is InChI=1S/C41H62N8O10/c1-8-31-38(54)48-34(40(57)58)26(5)36(52)46-29(15-12-20-44-41(42)43)37(53)45-28(25(4)35(51)47-30(39(55)56)18-19-33(50)49(31)6)17-16-23(2)21-24(3)32(59-7)22-27-13-10-9-11-14-27/h9-11,13-14,16-17,21,24-26,28-32,34H,8,12,15,18-20,22H2,1-7H3,(H,45,53)(H,46,52)(H,47,51)(H,48,54)(H,55,56)(H,57,58)(H4,42,43,44)/b17-16+,23-21+/t24-,25-,26-,28-,29-,30+,31+,32-,34+/m0/s1. The lowest BCUT2D eigenvalue weighted by molar-refractivity contribution is -0.148. The number of guanidine groups is 1. The number of amides is 5. The number of carboxylic acids is 2. The molecule has 10 N–H and O–H groups in total. The van der Waals surface area contributed by atoms with Gasteiger partial charge in [0.2, 0.25) is 29.5 Å². The average molecular weight is 827 g/mol. The number of likely N-dealkylation sites (N-methyl/N-ethyl adjacent to an activating group) is 1. The van der Waals surface area contributed by atoms with E-state index in [2.05, 4.69) is 26.3 Å². The topological polar surface area (TPSA) is 285 Å². The van der Waals surface area contributed by atoms with Gasteiger partial charge in [-0.15, -0.1) is 0 Å². The number of aliphatic imine (C=N–C) groups is 1. The summed E-state index contributed by atoms with van der Waals surface area (Å²) in [5.41, 5.74) is 12.8. The van der Waals surface area contributed by atoms with Crippen LogP contribution in [0.3, 0.4) is 0 Å². The summed E-state index contributed by atoms with van der Waals surface area (Å²) in [5.74, 6) is -9.57. The Kier molecular flexibility index (Phi) is 20.3. The number of nitrogens with two attached hydrogens (primary N) is 2. The van der Waals surface area contributed by atoms with Gasteiger partial charge in [0.25, 0.3) is 0 Å². The Hall–Kier alpha value is -5.78. The molecule has 18 heteroatoms. The van der Waals surface area contributed by atoms with Gasteiger partial charge >= 0.3 is 11.9 Å². The van der Waals surface area contributed by atoms with Crippen molar-refractivity contribution in [3.05, 3.63) is 59.7 Å². The summed E-state index contributed by atoms with van der Waals surface area (Å²) in [7, 11) is 2.95. The number of aliphatic carboxylic acids is 2. The minimum Gasteiger partial charge on any atom is -0.480 e. The van der Waals surface area contributed by atoms with Gasteiger partial charge in [-0.25, -0.2) is 9.59 Å². The lowest BCUT2D eigenvalue weighted by Crippen LogP contribution is -2.57. The maximum absolute atomic E-state index is 14.1. The molecule has 0 unspecified atom stereocenters. The zero-order chi connectivity index (χ0) is 44.4. The van der Waals surface area contributed by atoms with E-state index in [1.165, 1.54) is 20.9 Å². The summed E-state index contributed by atoms with van der Waals surface area (Å²) in [5, 5.41) is 30.3. The number of allylic oxidation sites excluding steroid dienone is 2. The molecule has 0 aromatic heterocycles. The molecule has 5 amide bonds. The molecule has 1 heterocycles. The number of carbonyl (C=O) groups excluding carboxylic acids is 5. The second-order valence-electron chi connectivity index (χ2n) is 14.9. The van der Waals surface area contributed by atoms with E-state index < -0.39 is 83.5 Å². The zero-order valence-electron chi connectivity index (χ0n) is 35.0. The Morgan fingerprint density at radius 1 is 0.949 bits per heavy atom. The van der Waals surface area contributed by atoms with Crippen LogP contribution in [0.25, 0.3) is 0 Å². The van der Waals surface area contributed by atoms with Crippen molar-refractivity contribution in [2.45, 2.75) is 109 Å². The summed E-state index contributed by atoms with van der Waals surface area (Å²) in [6.45, 7) is 8.27. The Morgan fingerprint density at radius 3 is 2.17 bits per heavy atom. The largest absolute Gasteiger partial charge is 0.480 e. The first-order valence-corrected chi connectivity index (χ1v) is 19.7. The highest BCUT2D eigenvalue weighted by Gasteiger charge is 2.37. The Bertz CT molecular complexity index is 1710. The molecule has 1 aliphatic rings. The van der Waals surface area contributed by atoms with Crippen molar-refractivity contribution in [2.24, 2.45) is 34.2 Å². The van der Waals surface area contributed by atoms with Crippen LogP contribution in [-0.4, -0.2) is 120 Å². The summed E-state index contributed by atoms with van der Waals surface area (Å²) in [6.07, 6.45) is 5.26. The van der Waals surface area contributed by atoms with E-state index in [-0.39, 0.29) is 56.6 Å². The summed E-state index contributed by atoms with van der Waals surface area (Å²) < 4.78 is 5.79. The van der Waals surface area contributed by atoms with E-state index in [0.717, 1.165) is 16.0 Å². The molecule has 9 atom stereocenters. The number of nitrogens with one attached hydrogen (secondary N) is 4. The Morgan fingerprint density at radius 2 is 1.59 bits per heavy atom. The first-order chi connectivity index (χ1) is 27.8. The summed E-state index contributed by atoms with van der Waals surface area (Å²) >= 11 is 0. The molecule has 1 aromatic carbocycles. The van der Waals surface area contributed by atoms with Crippen LogP contribution in [0.5, 0.6) is 0 Å². The van der Waals surface area contributed by atoms with Crippen molar-refractivity contribution in [1.82, 2.24) is 26.2 Å². The fourth-order valence-electron chi connectivity index (χ4n) is 6.62. The van der Waals surface area contributed by atoms with E-state index in [4.69, 9.17) is 16.2 Å². The molecule has 18 nitrogen and oxygen atoms in total. The SMILES string of the molecule is CC[C@@H]1C(=O)N[C@@H](C(=O)O)[C@H](C)C(=O)N[C@@H](CCCN=C(N)N)C(=O)N[C@@H](/C=C/C(C)=C/[C@H](C)[C@H](Cc2ccccc2)OC)[C@H](C)C(=O)N[C@@H](C(=O)O)CCC(=O)N1C. The van der Waals surface area contributed by atoms with Crippen LogP contribution in [0.1, 0.15) is 72.3 Å². The highest BCUT2D eigenvalue weighted by Crippen LogP contribution is 2.19. The van der Waals surface area contributed by atoms with Crippen molar-refractivity contribution in [3.63, 3.8) is 0 Å². The molecule has 2 rings (SSSR count). The van der Waals surface area contributed by atoms with E-state index in [9.17, 15) is 43.8 Å². The first-order valence-electron chi connectivity index (χ1n) is 19.7. The molecule has 0 saturated carbocycles. The van der Waals surface area contributed by atoms with E-state index >= 15 is 0 Å². The summed E-state index contributed by atoms with van der Waals surface area (Å²) in [6, 6.07) is 3.04. The molecule has 1 aliphatic heterocycles. The number of hydrogen-bond donors (Lipinski definition) is 8. The third kappa shape index (κ3) is 15.8. The number of benzene rings is 1. The van der Waals surface area contributed by atoms with Gasteiger partial charge in [-0.3, -0.25) is 29.0 Å². The number of nitrogens with zero attached hydrogens (tertiary/aromatic N) is 2. The average Bonchev–Trinajstić information content (AvgIpc) is 3.19. The monoisotopic (exact) mass is 826 g/mol. The van der Waals surface area contributed by atoms with Crippen molar-refractivity contribution in [3.8, 4) is 0 Å². The molecule has 0 radical (unpaired) electrons. The highest BCUT2D eigenvalue weighted by molar-refractivity contribution is 5.95. The van der Waals surface area contributed by atoms with Crippen LogP contribution in [0.4, 0.5) is 0 Å². The number of carbonyl (C=O) groups is 7. The number of rotatable bonds is 14. The van der Waals surface area contributed by atoms with E-state index in [1.807, 2.05) is 50.3 Å². The van der Waals surface area contributed by atoms with Gasteiger partial charge in [-0.05, 0) is 44.6 Å². The molecular weight excluding hydrogens is 764 g/mol. The van der Waals surface area contributed by atoms with Crippen LogP contribution in [-0.2, 0) is 44.7 Å². The van der Waals surface area contributed by atoms with Gasteiger partial charge in [0, 0.05) is 33.0 Å². The van der Waals surface area contributed by atoms with Crippen molar-refractivity contribution in [1.29, 1.82) is 0 Å². The molecule has 326 valence electrons. The van der Waals surface area contributed by atoms with Gasteiger partial charge < -0.3 is 52.6 Å². The van der Waals surface area contributed by atoms with Crippen LogP contribution in [0.2, 0.25) is 0 Å². The lowest BCUT2D eigenvalue weighted by atomic mass is 9.94. The highest BCUT2D eigenvalue weighted by atomic mass is 16.5. The van der Waals surface area contributed by atoms with Gasteiger partial charge in [0.15, 0.2) is 5.96 Å². The number of methoxy groups -OCH3 is 1. The fourth-order valence-corrected chi connectivity index (χ4v) is 6.62. The maximum atomic E-state index is 14.1. The van der Waals surface area contributed by atoms with Gasteiger partial charge in [0.1, 0.15) is 24.2 Å².